The van der Waals surface area contributed by atoms with Crippen LogP contribution in [0.1, 0.15) is 41.7 Å². The molecule has 0 saturated carbocycles. The van der Waals surface area contributed by atoms with Gasteiger partial charge in [-0.25, -0.2) is 0 Å². The smallest absolute Gasteiger partial charge is 0.247 e. The van der Waals surface area contributed by atoms with Crippen LogP contribution < -0.4 is 0 Å². The van der Waals surface area contributed by atoms with Gasteiger partial charge in [-0.05, 0) is 57.0 Å². The Bertz CT molecular complexity index is 1080. The summed E-state index contributed by atoms with van der Waals surface area (Å²) in [7, 11) is 0. The number of hydrogen-bond acceptors (Lipinski definition) is 3. The normalized spacial score (nSPS) is 11.5. The summed E-state index contributed by atoms with van der Waals surface area (Å²) in [5, 5.41) is 0. The zero-order valence-electron chi connectivity index (χ0n) is 19.8. The molecule has 0 unspecified atom stereocenters. The maximum Gasteiger partial charge on any atom is 0.247 e. The largest absolute Gasteiger partial charge is 0.332 e. The lowest BCUT2D eigenvalue weighted by Crippen LogP contribution is -2.50. The predicted octanol–water partition coefficient (Wildman–Crippen LogP) is 5.93. The topological polar surface area (TPSA) is 40.6 Å². The number of rotatable bonds is 8. The van der Waals surface area contributed by atoms with Crippen LogP contribution in [0.5, 0.6) is 0 Å². The standard InChI is InChI=1S/C28H32N2O2S/c1-22-15-17-25(33-22)20-29(19-24-13-9-6-10-14-24)27(32)21-30(28(2,3)4)26(31)18-16-23-11-7-5-8-12-23/h5-18H,19-21H2,1-4H3/b18-16+. The van der Waals surface area contributed by atoms with Crippen molar-refractivity contribution in [1.29, 1.82) is 0 Å². The number of hydrogen-bond donors (Lipinski definition) is 0. The maximum atomic E-state index is 13.5. The first-order valence-corrected chi connectivity index (χ1v) is 12.0. The van der Waals surface area contributed by atoms with Gasteiger partial charge in [-0.1, -0.05) is 60.7 Å². The summed E-state index contributed by atoms with van der Waals surface area (Å²) in [4.78, 5) is 32.5. The molecule has 0 aliphatic heterocycles. The van der Waals surface area contributed by atoms with Crippen molar-refractivity contribution in [2.75, 3.05) is 6.54 Å². The molecule has 4 nitrogen and oxygen atoms in total. The lowest BCUT2D eigenvalue weighted by atomic mass is 10.1. The van der Waals surface area contributed by atoms with Crippen LogP contribution >= 0.6 is 11.3 Å². The summed E-state index contributed by atoms with van der Waals surface area (Å²) < 4.78 is 0. The molecule has 33 heavy (non-hydrogen) atoms. The number of thiophene rings is 1. The van der Waals surface area contributed by atoms with E-state index in [2.05, 4.69) is 19.1 Å². The predicted molar refractivity (Wildman–Crippen MR) is 137 cm³/mol. The fourth-order valence-corrected chi connectivity index (χ4v) is 4.40. The highest BCUT2D eigenvalue weighted by Crippen LogP contribution is 2.20. The Kier molecular flexibility index (Phi) is 8.23. The van der Waals surface area contributed by atoms with Crippen LogP contribution in [0.2, 0.25) is 0 Å². The molecule has 0 bridgehead atoms. The van der Waals surface area contributed by atoms with Crippen LogP contribution in [-0.4, -0.2) is 33.7 Å². The highest BCUT2D eigenvalue weighted by molar-refractivity contribution is 7.11. The van der Waals surface area contributed by atoms with E-state index in [4.69, 9.17) is 0 Å². The van der Waals surface area contributed by atoms with Gasteiger partial charge in [-0.3, -0.25) is 9.59 Å². The molecule has 0 aliphatic rings. The molecule has 0 fully saturated rings. The van der Waals surface area contributed by atoms with Gasteiger partial charge >= 0.3 is 0 Å². The number of benzene rings is 2. The van der Waals surface area contributed by atoms with Crippen LogP contribution in [0.3, 0.4) is 0 Å². The van der Waals surface area contributed by atoms with Gasteiger partial charge in [0.2, 0.25) is 11.8 Å². The molecule has 0 N–H and O–H groups in total. The van der Waals surface area contributed by atoms with Crippen molar-refractivity contribution in [1.82, 2.24) is 9.80 Å². The minimum absolute atomic E-state index is 0.0264. The molecule has 0 atom stereocenters. The lowest BCUT2D eigenvalue weighted by molar-refractivity contribution is -0.142. The van der Waals surface area contributed by atoms with Crippen LogP contribution in [0, 0.1) is 6.92 Å². The zero-order chi connectivity index (χ0) is 23.8. The molecule has 1 aromatic heterocycles. The Morgan fingerprint density at radius 2 is 1.52 bits per heavy atom. The molecule has 2 aromatic carbocycles. The number of amides is 2. The van der Waals surface area contributed by atoms with Gasteiger partial charge in [0, 0.05) is 27.9 Å². The number of carbonyl (C=O) groups excluding carboxylic acids is 2. The summed E-state index contributed by atoms with van der Waals surface area (Å²) >= 11 is 1.69. The molecule has 2 amide bonds. The maximum absolute atomic E-state index is 13.5. The van der Waals surface area contributed by atoms with E-state index in [1.165, 1.54) is 4.88 Å². The van der Waals surface area contributed by atoms with Crippen molar-refractivity contribution in [3.8, 4) is 0 Å². The second-order valence-electron chi connectivity index (χ2n) is 9.09. The molecular formula is C28H32N2O2S. The van der Waals surface area contributed by atoms with Gasteiger partial charge < -0.3 is 9.80 Å². The first-order chi connectivity index (χ1) is 15.7. The van der Waals surface area contributed by atoms with Gasteiger partial charge in [-0.2, -0.15) is 0 Å². The molecule has 3 rings (SSSR count). The van der Waals surface area contributed by atoms with E-state index in [9.17, 15) is 9.59 Å². The Balaban J connectivity index is 1.79. The molecule has 0 saturated heterocycles. The molecule has 0 spiro atoms. The molecule has 172 valence electrons. The van der Waals surface area contributed by atoms with Crippen LogP contribution in [-0.2, 0) is 22.7 Å². The van der Waals surface area contributed by atoms with E-state index in [0.29, 0.717) is 13.1 Å². The highest BCUT2D eigenvalue weighted by Gasteiger charge is 2.29. The fourth-order valence-electron chi connectivity index (χ4n) is 3.50. The van der Waals surface area contributed by atoms with Crippen molar-refractivity contribution in [3.63, 3.8) is 0 Å². The summed E-state index contributed by atoms with van der Waals surface area (Å²) in [5.41, 5.74) is 1.52. The number of nitrogens with zero attached hydrogens (tertiary/aromatic N) is 2. The Morgan fingerprint density at radius 3 is 2.09 bits per heavy atom. The van der Waals surface area contributed by atoms with Crippen molar-refractivity contribution in [2.45, 2.75) is 46.3 Å². The van der Waals surface area contributed by atoms with Gasteiger partial charge in [0.25, 0.3) is 0 Å². The van der Waals surface area contributed by atoms with Gasteiger partial charge in [0.05, 0.1) is 6.54 Å². The molecule has 3 aromatic rings. The van der Waals surface area contributed by atoms with Crippen molar-refractivity contribution >= 4 is 29.2 Å². The second-order valence-corrected chi connectivity index (χ2v) is 10.5. The zero-order valence-corrected chi connectivity index (χ0v) is 20.6. The molecular weight excluding hydrogens is 428 g/mol. The summed E-state index contributed by atoms with van der Waals surface area (Å²) in [6.45, 7) is 8.99. The number of aryl methyl sites for hydroxylation is 1. The van der Waals surface area contributed by atoms with E-state index in [1.807, 2.05) is 86.3 Å². The average Bonchev–Trinajstić information content (AvgIpc) is 3.20. The van der Waals surface area contributed by atoms with E-state index in [1.54, 1.807) is 28.4 Å². The Hall–Kier alpha value is -3.18. The van der Waals surface area contributed by atoms with Gasteiger partial charge in [0.1, 0.15) is 6.54 Å². The Morgan fingerprint density at radius 1 is 0.879 bits per heavy atom. The third-order valence-electron chi connectivity index (χ3n) is 5.30. The third kappa shape index (κ3) is 7.43. The molecule has 0 radical (unpaired) electrons. The van der Waals surface area contributed by atoms with Crippen molar-refractivity contribution in [3.05, 3.63) is 99.8 Å². The molecule has 5 heteroatoms. The van der Waals surface area contributed by atoms with Crippen molar-refractivity contribution in [2.24, 2.45) is 0 Å². The van der Waals surface area contributed by atoms with E-state index >= 15 is 0 Å². The van der Waals surface area contributed by atoms with E-state index < -0.39 is 5.54 Å². The van der Waals surface area contributed by atoms with Gasteiger partial charge in [0.15, 0.2) is 0 Å². The summed E-state index contributed by atoms with van der Waals surface area (Å²) in [5.74, 6) is -0.243. The summed E-state index contributed by atoms with van der Waals surface area (Å²) in [6.07, 6.45) is 3.35. The fraction of sp³-hybridized carbons (Fsp3) is 0.286. The van der Waals surface area contributed by atoms with E-state index in [-0.39, 0.29) is 18.4 Å². The number of carbonyl (C=O) groups is 2. The molecule has 0 aliphatic carbocycles. The SMILES string of the molecule is Cc1ccc(CN(Cc2ccccc2)C(=O)CN(C(=O)/C=C/c2ccccc2)C(C)(C)C)s1. The minimum atomic E-state index is -0.494. The molecule has 1 heterocycles. The first kappa shape index (κ1) is 24.5. The average molecular weight is 461 g/mol. The van der Waals surface area contributed by atoms with Gasteiger partial charge in [-0.15, -0.1) is 11.3 Å². The van der Waals surface area contributed by atoms with Crippen molar-refractivity contribution < 1.29 is 9.59 Å². The quantitative estimate of drug-likeness (QED) is 0.391. The first-order valence-electron chi connectivity index (χ1n) is 11.1. The monoisotopic (exact) mass is 460 g/mol. The van der Waals surface area contributed by atoms with Crippen LogP contribution in [0.4, 0.5) is 0 Å². The highest BCUT2D eigenvalue weighted by atomic mass is 32.1. The third-order valence-corrected chi connectivity index (χ3v) is 6.28. The second kappa shape index (κ2) is 11.1. The van der Waals surface area contributed by atoms with E-state index in [0.717, 1.165) is 16.0 Å². The Labute approximate surface area is 201 Å². The lowest BCUT2D eigenvalue weighted by Gasteiger charge is -2.36. The van der Waals surface area contributed by atoms with Crippen LogP contribution in [0.15, 0.2) is 78.9 Å². The summed E-state index contributed by atoms with van der Waals surface area (Å²) in [6, 6.07) is 23.8. The minimum Gasteiger partial charge on any atom is -0.332 e. The van der Waals surface area contributed by atoms with Crippen LogP contribution in [0.25, 0.3) is 6.08 Å².